The minimum Gasteiger partial charge on any atom is -0.483 e. The standard InChI is InChI=1S/C25H21FN4O3/c1-16-8-9-20(26)18(12-16)23-28-14-22(33-15-17-6-4-3-5-7-17)24(30-23)29-21-10-11-27-13-19(21)25(31)32-2/h3-14H,15H2,1-2H3,(H,27,28,29,30). The number of carbonyl (C=O) groups excluding carboxylic acids is 1. The molecule has 0 aliphatic rings. The zero-order valence-electron chi connectivity index (χ0n) is 18.1. The van der Waals surface area contributed by atoms with Gasteiger partial charge in [0.05, 0.1) is 24.6 Å². The van der Waals surface area contributed by atoms with Gasteiger partial charge in [-0.05, 0) is 30.7 Å². The molecule has 0 atom stereocenters. The van der Waals surface area contributed by atoms with Crippen molar-refractivity contribution in [1.82, 2.24) is 15.0 Å². The smallest absolute Gasteiger partial charge is 0.341 e. The lowest BCUT2D eigenvalue weighted by Crippen LogP contribution is -2.09. The molecule has 0 amide bonds. The summed E-state index contributed by atoms with van der Waals surface area (Å²) in [7, 11) is 1.29. The molecule has 0 aliphatic heterocycles. The van der Waals surface area contributed by atoms with Crippen LogP contribution in [0.4, 0.5) is 15.9 Å². The summed E-state index contributed by atoms with van der Waals surface area (Å²) in [6.07, 6.45) is 4.40. The largest absolute Gasteiger partial charge is 0.483 e. The molecule has 166 valence electrons. The average molecular weight is 444 g/mol. The molecule has 2 aromatic heterocycles. The van der Waals surface area contributed by atoms with E-state index in [1.165, 1.54) is 31.8 Å². The minimum atomic E-state index is -0.559. The van der Waals surface area contributed by atoms with Crippen LogP contribution in [0, 0.1) is 12.7 Å². The van der Waals surface area contributed by atoms with Crippen molar-refractivity contribution >= 4 is 17.5 Å². The number of hydrogen-bond acceptors (Lipinski definition) is 7. The molecule has 0 spiro atoms. The number of benzene rings is 2. The number of anilines is 2. The Balaban J connectivity index is 1.74. The topological polar surface area (TPSA) is 86.2 Å². The number of nitrogens with zero attached hydrogens (tertiary/aromatic N) is 3. The fourth-order valence-corrected chi connectivity index (χ4v) is 3.15. The van der Waals surface area contributed by atoms with Crippen LogP contribution in [0.2, 0.25) is 0 Å². The van der Waals surface area contributed by atoms with Gasteiger partial charge in [-0.1, -0.05) is 42.0 Å². The number of halogens is 1. The van der Waals surface area contributed by atoms with E-state index in [4.69, 9.17) is 9.47 Å². The van der Waals surface area contributed by atoms with E-state index in [0.717, 1.165) is 11.1 Å². The summed E-state index contributed by atoms with van der Waals surface area (Å²) < 4.78 is 25.3. The summed E-state index contributed by atoms with van der Waals surface area (Å²) in [5, 5.41) is 3.10. The highest BCUT2D eigenvalue weighted by molar-refractivity contribution is 5.96. The SMILES string of the molecule is COC(=O)c1cnccc1Nc1nc(-c2cc(C)ccc2F)ncc1OCc1ccccc1. The lowest BCUT2D eigenvalue weighted by molar-refractivity contribution is 0.0601. The highest BCUT2D eigenvalue weighted by Crippen LogP contribution is 2.31. The van der Waals surface area contributed by atoms with Gasteiger partial charge in [-0.25, -0.2) is 19.2 Å². The number of aromatic nitrogens is 3. The van der Waals surface area contributed by atoms with Gasteiger partial charge < -0.3 is 14.8 Å². The van der Waals surface area contributed by atoms with Gasteiger partial charge in [0.25, 0.3) is 0 Å². The molecule has 4 aromatic rings. The molecule has 0 fully saturated rings. The molecular formula is C25H21FN4O3. The third-order valence-electron chi connectivity index (χ3n) is 4.83. The van der Waals surface area contributed by atoms with Gasteiger partial charge in [0.1, 0.15) is 18.0 Å². The Bertz CT molecular complexity index is 1280. The van der Waals surface area contributed by atoms with Crippen molar-refractivity contribution in [2.75, 3.05) is 12.4 Å². The van der Waals surface area contributed by atoms with Crippen molar-refractivity contribution < 1.29 is 18.7 Å². The number of pyridine rings is 1. The highest BCUT2D eigenvalue weighted by Gasteiger charge is 2.17. The van der Waals surface area contributed by atoms with E-state index in [2.05, 4.69) is 20.3 Å². The number of aryl methyl sites for hydroxylation is 1. The highest BCUT2D eigenvalue weighted by atomic mass is 19.1. The number of ether oxygens (including phenoxy) is 2. The summed E-state index contributed by atoms with van der Waals surface area (Å²) in [4.78, 5) is 25.0. The van der Waals surface area contributed by atoms with E-state index in [1.807, 2.05) is 37.3 Å². The molecular weight excluding hydrogens is 423 g/mol. The van der Waals surface area contributed by atoms with Crippen molar-refractivity contribution in [3.8, 4) is 17.1 Å². The lowest BCUT2D eigenvalue weighted by atomic mass is 10.1. The third kappa shape index (κ3) is 5.12. The number of esters is 1. The number of hydrogen-bond donors (Lipinski definition) is 1. The normalized spacial score (nSPS) is 10.5. The van der Waals surface area contributed by atoms with Gasteiger partial charge in [0, 0.05) is 12.4 Å². The van der Waals surface area contributed by atoms with Crippen LogP contribution in [-0.4, -0.2) is 28.0 Å². The Morgan fingerprint density at radius 1 is 1.09 bits per heavy atom. The monoisotopic (exact) mass is 444 g/mol. The number of rotatable bonds is 7. The lowest BCUT2D eigenvalue weighted by Gasteiger charge is -2.15. The van der Waals surface area contributed by atoms with Crippen LogP contribution in [0.5, 0.6) is 5.75 Å². The van der Waals surface area contributed by atoms with Crippen molar-refractivity contribution in [2.45, 2.75) is 13.5 Å². The maximum absolute atomic E-state index is 14.5. The van der Waals surface area contributed by atoms with Crippen LogP contribution in [0.15, 0.2) is 73.2 Å². The van der Waals surface area contributed by atoms with Crippen molar-refractivity contribution in [3.63, 3.8) is 0 Å². The first-order valence-electron chi connectivity index (χ1n) is 10.1. The zero-order chi connectivity index (χ0) is 23.2. The van der Waals surface area contributed by atoms with Crippen LogP contribution in [0.1, 0.15) is 21.5 Å². The van der Waals surface area contributed by atoms with Crippen molar-refractivity contribution in [1.29, 1.82) is 0 Å². The molecule has 8 heteroatoms. The van der Waals surface area contributed by atoms with E-state index in [1.54, 1.807) is 18.2 Å². The van der Waals surface area contributed by atoms with Gasteiger partial charge in [-0.2, -0.15) is 0 Å². The second kappa shape index (κ2) is 9.86. The molecule has 0 unspecified atom stereocenters. The Hall–Kier alpha value is -4.33. The summed E-state index contributed by atoms with van der Waals surface area (Å²) in [5.41, 5.74) is 2.72. The summed E-state index contributed by atoms with van der Waals surface area (Å²) >= 11 is 0. The van der Waals surface area contributed by atoms with Crippen molar-refractivity contribution in [2.24, 2.45) is 0 Å². The van der Waals surface area contributed by atoms with E-state index in [0.29, 0.717) is 11.4 Å². The fraction of sp³-hybridized carbons (Fsp3) is 0.120. The van der Waals surface area contributed by atoms with Crippen LogP contribution in [-0.2, 0) is 11.3 Å². The quantitative estimate of drug-likeness (QED) is 0.397. The molecule has 7 nitrogen and oxygen atoms in total. The fourth-order valence-electron chi connectivity index (χ4n) is 3.15. The molecule has 33 heavy (non-hydrogen) atoms. The predicted octanol–water partition coefficient (Wildman–Crippen LogP) is 5.10. The molecule has 0 bridgehead atoms. The molecule has 2 heterocycles. The van der Waals surface area contributed by atoms with E-state index in [9.17, 15) is 9.18 Å². The first kappa shape index (κ1) is 21.9. The summed E-state index contributed by atoms with van der Waals surface area (Å²) in [6.45, 7) is 2.14. The molecule has 0 saturated carbocycles. The molecule has 0 radical (unpaired) electrons. The average Bonchev–Trinajstić information content (AvgIpc) is 2.85. The Morgan fingerprint density at radius 2 is 1.91 bits per heavy atom. The predicted molar refractivity (Wildman–Crippen MR) is 122 cm³/mol. The Labute approximate surface area is 190 Å². The van der Waals surface area contributed by atoms with Crippen molar-refractivity contribution in [3.05, 3.63) is 95.7 Å². The van der Waals surface area contributed by atoms with Gasteiger partial charge in [0.15, 0.2) is 17.4 Å². The van der Waals surface area contributed by atoms with Gasteiger partial charge in [-0.15, -0.1) is 0 Å². The summed E-state index contributed by atoms with van der Waals surface area (Å²) in [6, 6.07) is 15.9. The minimum absolute atomic E-state index is 0.180. The number of methoxy groups -OCH3 is 1. The van der Waals surface area contributed by atoms with E-state index in [-0.39, 0.29) is 29.4 Å². The number of nitrogens with one attached hydrogen (secondary N) is 1. The first-order valence-corrected chi connectivity index (χ1v) is 10.1. The third-order valence-corrected chi connectivity index (χ3v) is 4.83. The molecule has 1 N–H and O–H groups in total. The van der Waals surface area contributed by atoms with E-state index < -0.39 is 11.8 Å². The molecule has 0 saturated heterocycles. The van der Waals surface area contributed by atoms with Gasteiger partial charge >= 0.3 is 5.97 Å². The first-order chi connectivity index (χ1) is 16.0. The molecule has 2 aromatic carbocycles. The number of carbonyl (C=O) groups is 1. The molecule has 0 aliphatic carbocycles. The van der Waals surface area contributed by atoms with Crippen LogP contribution in [0.3, 0.4) is 0 Å². The second-order valence-electron chi connectivity index (χ2n) is 7.20. The van der Waals surface area contributed by atoms with Gasteiger partial charge in [-0.3, -0.25) is 4.98 Å². The van der Waals surface area contributed by atoms with E-state index >= 15 is 0 Å². The van der Waals surface area contributed by atoms with Crippen LogP contribution < -0.4 is 10.1 Å². The maximum Gasteiger partial charge on any atom is 0.341 e. The van der Waals surface area contributed by atoms with Crippen LogP contribution in [0.25, 0.3) is 11.4 Å². The molecule has 4 rings (SSSR count). The second-order valence-corrected chi connectivity index (χ2v) is 7.20. The zero-order valence-corrected chi connectivity index (χ0v) is 18.1. The Morgan fingerprint density at radius 3 is 2.70 bits per heavy atom. The summed E-state index contributed by atoms with van der Waals surface area (Å²) in [5.74, 6) is -0.212. The maximum atomic E-state index is 14.5. The Kier molecular flexibility index (Phi) is 6.54. The van der Waals surface area contributed by atoms with Gasteiger partial charge in [0.2, 0.25) is 0 Å². The van der Waals surface area contributed by atoms with Crippen LogP contribution >= 0.6 is 0 Å².